The van der Waals surface area contributed by atoms with E-state index in [4.69, 9.17) is 9.47 Å². The third-order valence-electron chi connectivity index (χ3n) is 1.95. The number of rotatable bonds is 1. The summed E-state index contributed by atoms with van der Waals surface area (Å²) in [6, 6.07) is 5.35. The first-order chi connectivity index (χ1) is 6.29. The number of Topliss-reactive ketones (excluding diaryl/α,β-unsaturated/α-hetero) is 1. The Morgan fingerprint density at radius 3 is 2.71 bits per heavy atom. The molecule has 2 rings (SSSR count). The molecule has 0 amide bonds. The lowest BCUT2D eigenvalue weighted by Crippen LogP contribution is -2.17. The van der Waals surface area contributed by atoms with Gasteiger partial charge in [0.15, 0.2) is 17.3 Å². The fraction of sp³-hybridized carbons (Fsp3) is 0.300. The van der Waals surface area contributed by atoms with Crippen molar-refractivity contribution < 1.29 is 14.3 Å². The molecule has 0 N–H and O–H groups in total. The summed E-state index contributed by atoms with van der Waals surface area (Å²) in [6.07, 6.45) is 0. The largest absolute Gasteiger partial charge is 0.486 e. The summed E-state index contributed by atoms with van der Waals surface area (Å²) in [5.74, 6) is 1.25. The minimum Gasteiger partial charge on any atom is -0.486 e. The molecule has 3 radical (unpaired) electrons. The van der Waals surface area contributed by atoms with Gasteiger partial charge in [-0.3, -0.25) is 4.79 Å². The summed E-state index contributed by atoms with van der Waals surface area (Å²) in [4.78, 5) is 11.2. The van der Waals surface area contributed by atoms with E-state index in [9.17, 15) is 4.79 Å². The molecule has 1 aromatic carbocycles. The molecule has 0 bridgehead atoms. The molecule has 0 saturated carbocycles. The minimum atomic E-state index is 0. The molecule has 0 spiro atoms. The van der Waals surface area contributed by atoms with Crippen molar-refractivity contribution in [2.75, 3.05) is 13.2 Å². The molecule has 71 valence electrons. The van der Waals surface area contributed by atoms with Crippen LogP contribution in [0.3, 0.4) is 0 Å². The molecule has 0 saturated heterocycles. The van der Waals surface area contributed by atoms with Crippen LogP contribution in [0.5, 0.6) is 11.5 Å². The number of ketones is 1. The van der Waals surface area contributed by atoms with Gasteiger partial charge in [0.25, 0.3) is 0 Å². The minimum absolute atomic E-state index is 0. The lowest BCUT2D eigenvalue weighted by molar-refractivity contribution is 0.100. The zero-order valence-corrected chi connectivity index (χ0v) is 7.95. The third kappa shape index (κ3) is 1.74. The summed E-state index contributed by atoms with van der Waals surface area (Å²) in [5, 5.41) is 0. The molecule has 0 aromatic heterocycles. The predicted octanol–water partition coefficient (Wildman–Crippen LogP) is 1.28. The number of hydrogen-bond acceptors (Lipinski definition) is 3. The highest BCUT2D eigenvalue weighted by molar-refractivity contribution is 5.97. The Hall–Kier alpha value is -1.45. The number of benzene rings is 1. The van der Waals surface area contributed by atoms with E-state index >= 15 is 0 Å². The average Bonchev–Trinajstić information content (AvgIpc) is 2.17. The van der Waals surface area contributed by atoms with Crippen LogP contribution in [0.4, 0.5) is 0 Å². The van der Waals surface area contributed by atoms with Crippen LogP contribution in [0.25, 0.3) is 0 Å². The molecule has 14 heavy (non-hydrogen) atoms. The summed E-state index contributed by atoms with van der Waals surface area (Å²) in [7, 11) is 0. The van der Waals surface area contributed by atoms with E-state index in [1.165, 1.54) is 6.92 Å². The van der Waals surface area contributed by atoms with Crippen molar-refractivity contribution in [3.63, 3.8) is 0 Å². The maximum atomic E-state index is 11.2. The predicted molar refractivity (Wildman–Crippen MR) is 53.2 cm³/mol. The van der Waals surface area contributed by atoms with Crippen LogP contribution in [0.2, 0.25) is 0 Å². The Balaban J connectivity index is 0.000000980. The maximum absolute atomic E-state index is 11.2. The van der Waals surface area contributed by atoms with Gasteiger partial charge in [-0.1, -0.05) is 6.07 Å². The van der Waals surface area contributed by atoms with E-state index in [1.807, 2.05) is 0 Å². The van der Waals surface area contributed by atoms with Crippen molar-refractivity contribution in [3.8, 4) is 11.5 Å². The first kappa shape index (κ1) is 10.6. The fourth-order valence-corrected chi connectivity index (χ4v) is 1.35. The first-order valence-corrected chi connectivity index (χ1v) is 4.18. The van der Waals surface area contributed by atoms with E-state index in [2.05, 4.69) is 0 Å². The molecule has 0 atom stereocenters. The molecule has 1 heterocycles. The van der Waals surface area contributed by atoms with E-state index < -0.39 is 0 Å². The summed E-state index contributed by atoms with van der Waals surface area (Å²) in [6.45, 7) is 2.58. The Bertz CT molecular complexity index is 349. The number of ether oxygens (including phenoxy) is 2. The summed E-state index contributed by atoms with van der Waals surface area (Å²) >= 11 is 0. The Labute approximate surface area is 84.6 Å². The second-order valence-corrected chi connectivity index (χ2v) is 2.89. The van der Waals surface area contributed by atoms with Gasteiger partial charge in [0.2, 0.25) is 0 Å². The molecular weight excluding hydrogens is 179 g/mol. The van der Waals surface area contributed by atoms with Crippen LogP contribution in [0, 0.1) is 0 Å². The Morgan fingerprint density at radius 2 is 2.00 bits per heavy atom. The van der Waals surface area contributed by atoms with Crippen molar-refractivity contribution in [1.82, 2.24) is 0 Å². The molecular formula is C10H10BO3. The number of fused-ring (bicyclic) bond motifs is 1. The topological polar surface area (TPSA) is 35.5 Å². The molecule has 3 nitrogen and oxygen atoms in total. The Kier molecular flexibility index (Phi) is 3.17. The van der Waals surface area contributed by atoms with Crippen molar-refractivity contribution in [2.45, 2.75) is 6.92 Å². The average molecular weight is 189 g/mol. The van der Waals surface area contributed by atoms with Gasteiger partial charge in [-0.05, 0) is 19.1 Å². The SMILES string of the molecule is CC(=O)c1cccc2c1OCCO2.[B]. The molecule has 0 unspecified atom stereocenters. The van der Waals surface area contributed by atoms with Crippen LogP contribution < -0.4 is 9.47 Å². The lowest BCUT2D eigenvalue weighted by atomic mass is 10.1. The zero-order chi connectivity index (χ0) is 9.26. The second kappa shape index (κ2) is 4.18. The van der Waals surface area contributed by atoms with Gasteiger partial charge in [0.05, 0.1) is 5.56 Å². The second-order valence-electron chi connectivity index (χ2n) is 2.89. The smallest absolute Gasteiger partial charge is 0.172 e. The van der Waals surface area contributed by atoms with Gasteiger partial charge in [-0.25, -0.2) is 0 Å². The van der Waals surface area contributed by atoms with Crippen LogP contribution in [0.15, 0.2) is 18.2 Å². The van der Waals surface area contributed by atoms with Crippen LogP contribution in [-0.2, 0) is 0 Å². The number of carbonyl (C=O) groups excluding carboxylic acids is 1. The lowest BCUT2D eigenvalue weighted by Gasteiger charge is -2.19. The highest BCUT2D eigenvalue weighted by atomic mass is 16.6. The van der Waals surface area contributed by atoms with Crippen molar-refractivity contribution in [1.29, 1.82) is 0 Å². The van der Waals surface area contributed by atoms with Gasteiger partial charge in [0, 0.05) is 8.41 Å². The van der Waals surface area contributed by atoms with Gasteiger partial charge in [0.1, 0.15) is 13.2 Å². The Morgan fingerprint density at radius 1 is 1.29 bits per heavy atom. The highest BCUT2D eigenvalue weighted by Crippen LogP contribution is 2.33. The van der Waals surface area contributed by atoms with E-state index in [0.29, 0.717) is 30.3 Å². The standard InChI is InChI=1S/C10H10O3.B/c1-7(11)8-3-2-4-9-10(8)13-6-5-12-9;/h2-4H,5-6H2,1H3;. The zero-order valence-electron chi connectivity index (χ0n) is 7.95. The molecule has 1 aliphatic rings. The van der Waals surface area contributed by atoms with Crippen molar-refractivity contribution in [3.05, 3.63) is 23.8 Å². The van der Waals surface area contributed by atoms with Gasteiger partial charge >= 0.3 is 0 Å². The number of carbonyl (C=O) groups is 1. The first-order valence-electron chi connectivity index (χ1n) is 4.18. The summed E-state index contributed by atoms with van der Waals surface area (Å²) < 4.78 is 10.7. The van der Waals surface area contributed by atoms with Gasteiger partial charge in [-0.2, -0.15) is 0 Å². The number of hydrogen-bond donors (Lipinski definition) is 0. The monoisotopic (exact) mass is 189 g/mol. The molecule has 0 fully saturated rings. The molecule has 0 aliphatic carbocycles. The molecule has 4 heteroatoms. The fourth-order valence-electron chi connectivity index (χ4n) is 1.35. The van der Waals surface area contributed by atoms with E-state index in [-0.39, 0.29) is 14.2 Å². The van der Waals surface area contributed by atoms with Gasteiger partial charge < -0.3 is 9.47 Å². The maximum Gasteiger partial charge on any atom is 0.172 e. The van der Waals surface area contributed by atoms with E-state index in [0.717, 1.165) is 0 Å². The normalized spacial score (nSPS) is 12.9. The van der Waals surface area contributed by atoms with E-state index in [1.54, 1.807) is 18.2 Å². The van der Waals surface area contributed by atoms with Crippen LogP contribution in [0.1, 0.15) is 17.3 Å². The quantitative estimate of drug-likeness (QED) is 0.493. The van der Waals surface area contributed by atoms with Gasteiger partial charge in [-0.15, -0.1) is 0 Å². The molecule has 1 aliphatic heterocycles. The van der Waals surface area contributed by atoms with Crippen molar-refractivity contribution >= 4 is 14.2 Å². The van der Waals surface area contributed by atoms with Crippen LogP contribution in [-0.4, -0.2) is 27.4 Å². The molecule has 1 aromatic rings. The third-order valence-corrected chi connectivity index (χ3v) is 1.95. The highest BCUT2D eigenvalue weighted by Gasteiger charge is 2.17. The van der Waals surface area contributed by atoms with Crippen LogP contribution >= 0.6 is 0 Å². The summed E-state index contributed by atoms with van der Waals surface area (Å²) in [5.41, 5.74) is 0.595. The number of para-hydroxylation sites is 1. The van der Waals surface area contributed by atoms with Crippen molar-refractivity contribution in [2.24, 2.45) is 0 Å².